The number of nitrogens with zero attached hydrogens (tertiary/aromatic N) is 2. The molecule has 1 heterocycles. The monoisotopic (exact) mass is 363 g/mol. The van der Waals surface area contributed by atoms with Crippen molar-refractivity contribution in [3.8, 4) is 17.2 Å². The van der Waals surface area contributed by atoms with Crippen molar-refractivity contribution in [3.63, 3.8) is 0 Å². The van der Waals surface area contributed by atoms with E-state index < -0.39 is 5.91 Å². The zero-order valence-electron chi connectivity index (χ0n) is 12.4. The van der Waals surface area contributed by atoms with Crippen LogP contribution in [0, 0.1) is 0 Å². The molecular formula is C16H11Cl2N3O3. The van der Waals surface area contributed by atoms with Crippen LogP contribution in [0.2, 0.25) is 10.0 Å². The van der Waals surface area contributed by atoms with Gasteiger partial charge in [0, 0.05) is 21.3 Å². The van der Waals surface area contributed by atoms with Crippen molar-refractivity contribution in [3.05, 3.63) is 58.4 Å². The number of hydrogen-bond acceptors (Lipinski definition) is 5. The van der Waals surface area contributed by atoms with Gasteiger partial charge in [0.25, 0.3) is 0 Å². The first-order valence-corrected chi connectivity index (χ1v) is 7.56. The number of carbonyl (C=O) groups excluding carboxylic acids is 1. The predicted molar refractivity (Wildman–Crippen MR) is 90.7 cm³/mol. The summed E-state index contributed by atoms with van der Waals surface area (Å²) in [5.41, 5.74) is 1.07. The highest BCUT2D eigenvalue weighted by Gasteiger charge is 2.16. The third-order valence-electron chi connectivity index (χ3n) is 3.06. The summed E-state index contributed by atoms with van der Waals surface area (Å²) >= 11 is 11.8. The van der Waals surface area contributed by atoms with E-state index in [1.54, 1.807) is 49.6 Å². The van der Waals surface area contributed by atoms with Crippen molar-refractivity contribution in [2.45, 2.75) is 0 Å². The van der Waals surface area contributed by atoms with E-state index in [1.165, 1.54) is 0 Å². The first kappa shape index (κ1) is 16.3. The summed E-state index contributed by atoms with van der Waals surface area (Å²) in [6.45, 7) is 0. The largest absolute Gasteiger partial charge is 0.497 e. The van der Waals surface area contributed by atoms with Crippen LogP contribution in [-0.4, -0.2) is 23.2 Å². The quantitative estimate of drug-likeness (QED) is 0.747. The van der Waals surface area contributed by atoms with Gasteiger partial charge in [0.1, 0.15) is 5.75 Å². The second kappa shape index (κ2) is 6.90. The van der Waals surface area contributed by atoms with E-state index in [0.29, 0.717) is 27.0 Å². The van der Waals surface area contributed by atoms with E-state index in [2.05, 4.69) is 15.5 Å². The van der Waals surface area contributed by atoms with Crippen LogP contribution >= 0.6 is 23.2 Å². The molecule has 3 rings (SSSR count). The summed E-state index contributed by atoms with van der Waals surface area (Å²) in [6.07, 6.45) is 0. The number of halogens is 2. The number of benzene rings is 2. The van der Waals surface area contributed by atoms with Gasteiger partial charge in [-0.15, -0.1) is 10.2 Å². The van der Waals surface area contributed by atoms with E-state index in [4.69, 9.17) is 32.4 Å². The highest BCUT2D eigenvalue weighted by Crippen LogP contribution is 2.24. The maximum Gasteiger partial charge on any atom is 0.313 e. The van der Waals surface area contributed by atoms with Crippen LogP contribution in [0.4, 0.5) is 5.69 Å². The zero-order valence-corrected chi connectivity index (χ0v) is 13.9. The standard InChI is InChI=1S/C16H11Cl2N3O3/c1-23-13-4-2-3-9(5-13)15-20-21-16(24-15)14(22)19-12-7-10(17)6-11(18)8-12/h2-8H,1H3,(H,19,22). The minimum atomic E-state index is -0.560. The van der Waals surface area contributed by atoms with E-state index in [9.17, 15) is 4.79 Å². The fourth-order valence-corrected chi connectivity index (χ4v) is 2.52. The van der Waals surface area contributed by atoms with E-state index >= 15 is 0 Å². The average Bonchev–Trinajstić information content (AvgIpc) is 3.04. The number of carbonyl (C=O) groups is 1. The maximum atomic E-state index is 12.2. The Hall–Kier alpha value is -2.57. The molecule has 6 nitrogen and oxygen atoms in total. The minimum absolute atomic E-state index is 0.177. The molecule has 1 aromatic heterocycles. The summed E-state index contributed by atoms with van der Waals surface area (Å²) in [5, 5.41) is 11.0. The van der Waals surface area contributed by atoms with Crippen LogP contribution in [0.3, 0.4) is 0 Å². The summed E-state index contributed by atoms with van der Waals surface area (Å²) in [7, 11) is 1.56. The first-order valence-electron chi connectivity index (χ1n) is 6.80. The topological polar surface area (TPSA) is 77.2 Å². The molecule has 0 atom stereocenters. The van der Waals surface area contributed by atoms with Crippen LogP contribution in [0.1, 0.15) is 10.7 Å². The van der Waals surface area contributed by atoms with E-state index in [0.717, 1.165) is 0 Å². The van der Waals surface area contributed by atoms with Crippen molar-refractivity contribution < 1.29 is 13.9 Å². The minimum Gasteiger partial charge on any atom is -0.497 e. The molecule has 0 aliphatic rings. The van der Waals surface area contributed by atoms with Gasteiger partial charge < -0.3 is 14.5 Å². The molecule has 0 saturated heterocycles. The molecule has 0 aliphatic heterocycles. The van der Waals surface area contributed by atoms with Crippen LogP contribution in [-0.2, 0) is 0 Å². The van der Waals surface area contributed by atoms with Gasteiger partial charge >= 0.3 is 11.8 Å². The van der Waals surface area contributed by atoms with E-state index in [-0.39, 0.29) is 11.8 Å². The Morgan fingerprint density at radius 3 is 2.58 bits per heavy atom. The van der Waals surface area contributed by atoms with Gasteiger partial charge in [0.05, 0.1) is 7.11 Å². The Balaban J connectivity index is 1.80. The second-order valence-electron chi connectivity index (χ2n) is 4.76. The molecule has 2 aromatic carbocycles. The number of aromatic nitrogens is 2. The lowest BCUT2D eigenvalue weighted by atomic mass is 10.2. The van der Waals surface area contributed by atoms with Gasteiger partial charge in [0.15, 0.2) is 0 Å². The molecule has 1 N–H and O–H groups in total. The van der Waals surface area contributed by atoms with Crippen molar-refractivity contribution in [1.82, 2.24) is 10.2 Å². The molecule has 3 aromatic rings. The highest BCUT2D eigenvalue weighted by atomic mass is 35.5. The summed E-state index contributed by atoms with van der Waals surface area (Å²) in [4.78, 5) is 12.2. The number of ether oxygens (including phenoxy) is 1. The normalized spacial score (nSPS) is 10.5. The van der Waals surface area contributed by atoms with Crippen molar-refractivity contribution in [2.24, 2.45) is 0 Å². The van der Waals surface area contributed by atoms with Crippen LogP contribution in [0.15, 0.2) is 46.9 Å². The molecular weight excluding hydrogens is 353 g/mol. The number of rotatable bonds is 4. The summed E-state index contributed by atoms with van der Waals surface area (Å²) < 4.78 is 10.5. The fourth-order valence-electron chi connectivity index (χ4n) is 2.00. The van der Waals surface area contributed by atoms with Gasteiger partial charge in [-0.2, -0.15) is 0 Å². The predicted octanol–water partition coefficient (Wildman–Crippen LogP) is 4.30. The molecule has 0 radical (unpaired) electrons. The van der Waals surface area contributed by atoms with E-state index in [1.807, 2.05) is 0 Å². The molecule has 0 unspecified atom stereocenters. The molecule has 0 fully saturated rings. The van der Waals surface area contributed by atoms with Gasteiger partial charge in [-0.25, -0.2) is 0 Å². The molecule has 0 bridgehead atoms. The third kappa shape index (κ3) is 3.67. The average molecular weight is 364 g/mol. The molecule has 0 saturated carbocycles. The first-order chi connectivity index (χ1) is 11.5. The number of methoxy groups -OCH3 is 1. The zero-order chi connectivity index (χ0) is 17.1. The molecule has 24 heavy (non-hydrogen) atoms. The van der Waals surface area contributed by atoms with Crippen LogP contribution in [0.5, 0.6) is 5.75 Å². The summed E-state index contributed by atoms with van der Waals surface area (Å²) in [5.74, 6) is 0.118. The highest BCUT2D eigenvalue weighted by molar-refractivity contribution is 6.35. The van der Waals surface area contributed by atoms with Crippen LogP contribution in [0.25, 0.3) is 11.5 Å². The Labute approximate surface area is 147 Å². The smallest absolute Gasteiger partial charge is 0.313 e. The molecule has 0 spiro atoms. The Morgan fingerprint density at radius 1 is 1.12 bits per heavy atom. The third-order valence-corrected chi connectivity index (χ3v) is 3.49. The Kier molecular flexibility index (Phi) is 4.69. The van der Waals surface area contributed by atoms with Crippen molar-refractivity contribution in [2.75, 3.05) is 12.4 Å². The van der Waals surface area contributed by atoms with Crippen molar-refractivity contribution >= 4 is 34.8 Å². The number of hydrogen-bond donors (Lipinski definition) is 1. The van der Waals surface area contributed by atoms with Gasteiger partial charge in [-0.05, 0) is 36.4 Å². The Bertz CT molecular complexity index is 876. The van der Waals surface area contributed by atoms with Gasteiger partial charge in [-0.3, -0.25) is 4.79 Å². The van der Waals surface area contributed by atoms with Gasteiger partial charge in [0.2, 0.25) is 5.89 Å². The number of anilines is 1. The SMILES string of the molecule is COc1cccc(-c2nnc(C(=O)Nc3cc(Cl)cc(Cl)c3)o2)c1. The lowest BCUT2D eigenvalue weighted by Gasteiger charge is -2.03. The number of amides is 1. The molecule has 0 aliphatic carbocycles. The molecule has 8 heteroatoms. The van der Waals surface area contributed by atoms with Crippen molar-refractivity contribution in [1.29, 1.82) is 0 Å². The second-order valence-corrected chi connectivity index (χ2v) is 5.63. The summed E-state index contributed by atoms with van der Waals surface area (Å²) in [6, 6.07) is 11.8. The van der Waals surface area contributed by atoms with Gasteiger partial charge in [-0.1, -0.05) is 29.3 Å². The van der Waals surface area contributed by atoms with Crippen LogP contribution < -0.4 is 10.1 Å². The lowest BCUT2D eigenvalue weighted by Crippen LogP contribution is -2.12. The molecule has 122 valence electrons. The Morgan fingerprint density at radius 2 is 1.88 bits per heavy atom. The molecule has 1 amide bonds. The lowest BCUT2D eigenvalue weighted by molar-refractivity contribution is 0.0991. The fraction of sp³-hybridized carbons (Fsp3) is 0.0625. The maximum absolute atomic E-state index is 12.2. The number of nitrogens with one attached hydrogen (secondary N) is 1.